The highest BCUT2D eigenvalue weighted by Gasteiger charge is 2.25. The van der Waals surface area contributed by atoms with Crippen LogP contribution in [0.5, 0.6) is 0 Å². The lowest BCUT2D eigenvalue weighted by atomic mass is 10.1. The Labute approximate surface area is 90.9 Å². The van der Waals surface area contributed by atoms with E-state index in [-0.39, 0.29) is 0 Å². The number of carboxylic acids is 1. The standard InChI is InChI=1S/C8H3F4N3O2/c9-4-2(1-14-15-13)5(10)7(12)3(6(4)11)8(16)17/h1H2,(H,16,17)/p-1. The minimum absolute atomic E-state index is 0.991. The fraction of sp³-hybridized carbons (Fsp3) is 0.125. The molecule has 0 aliphatic rings. The van der Waals surface area contributed by atoms with Crippen molar-refractivity contribution in [3.63, 3.8) is 0 Å². The Morgan fingerprint density at radius 3 is 2.00 bits per heavy atom. The second kappa shape index (κ2) is 4.71. The molecule has 1 rings (SSSR count). The largest absolute Gasteiger partial charge is 0.545 e. The maximum Gasteiger partial charge on any atom is 0.171 e. The third-order valence-corrected chi connectivity index (χ3v) is 1.85. The van der Waals surface area contributed by atoms with Crippen molar-refractivity contribution < 1.29 is 27.5 Å². The van der Waals surface area contributed by atoms with Crippen molar-refractivity contribution in [3.05, 3.63) is 44.8 Å². The Balaban J connectivity index is 3.57. The van der Waals surface area contributed by atoms with Crippen LogP contribution in [0.15, 0.2) is 5.11 Å². The summed E-state index contributed by atoms with van der Waals surface area (Å²) in [6, 6.07) is 0. The number of benzene rings is 1. The van der Waals surface area contributed by atoms with Gasteiger partial charge in [0.05, 0.1) is 18.1 Å². The molecule has 0 bridgehead atoms. The number of carboxylic acid groups (broad SMARTS) is 1. The van der Waals surface area contributed by atoms with Gasteiger partial charge in [0.15, 0.2) is 23.3 Å². The Hall–Kier alpha value is -2.28. The first-order chi connectivity index (χ1) is 7.91. The predicted octanol–water partition coefficient (Wildman–Crippen LogP) is 1.42. The van der Waals surface area contributed by atoms with E-state index in [2.05, 4.69) is 10.0 Å². The molecule has 17 heavy (non-hydrogen) atoms. The van der Waals surface area contributed by atoms with Gasteiger partial charge in [0.1, 0.15) is 0 Å². The summed E-state index contributed by atoms with van der Waals surface area (Å²) in [6.07, 6.45) is 0. The number of carbonyl (C=O) groups excluding carboxylic acids is 1. The summed E-state index contributed by atoms with van der Waals surface area (Å²) < 4.78 is 52.3. The molecular formula is C8H2F4N3O2-. The van der Waals surface area contributed by atoms with Gasteiger partial charge in [0, 0.05) is 10.5 Å². The summed E-state index contributed by atoms with van der Waals surface area (Å²) in [7, 11) is 0. The van der Waals surface area contributed by atoms with Gasteiger partial charge in [-0.05, 0) is 5.53 Å². The van der Waals surface area contributed by atoms with Crippen LogP contribution in [-0.2, 0) is 6.54 Å². The monoisotopic (exact) mass is 248 g/mol. The summed E-state index contributed by atoms with van der Waals surface area (Å²) in [6.45, 7) is -0.991. The van der Waals surface area contributed by atoms with Gasteiger partial charge in [-0.3, -0.25) is 0 Å². The predicted molar refractivity (Wildman–Crippen MR) is 43.5 cm³/mol. The quantitative estimate of drug-likeness (QED) is 0.266. The Morgan fingerprint density at radius 2 is 1.65 bits per heavy atom. The number of aromatic carboxylic acids is 1. The minimum Gasteiger partial charge on any atom is -0.545 e. The zero-order valence-electron chi connectivity index (χ0n) is 7.88. The van der Waals surface area contributed by atoms with Crippen LogP contribution in [0.2, 0.25) is 0 Å². The second-order valence-electron chi connectivity index (χ2n) is 2.79. The highest BCUT2D eigenvalue weighted by molar-refractivity contribution is 5.86. The molecule has 0 N–H and O–H groups in total. The lowest BCUT2D eigenvalue weighted by Crippen LogP contribution is -2.27. The number of hydrogen-bond acceptors (Lipinski definition) is 3. The van der Waals surface area contributed by atoms with Gasteiger partial charge in [-0.1, -0.05) is 5.11 Å². The van der Waals surface area contributed by atoms with Crippen LogP contribution < -0.4 is 5.11 Å². The lowest BCUT2D eigenvalue weighted by molar-refractivity contribution is -0.255. The van der Waals surface area contributed by atoms with Crippen molar-refractivity contribution >= 4 is 5.97 Å². The molecule has 0 saturated carbocycles. The number of hydrogen-bond donors (Lipinski definition) is 0. The molecule has 1 aromatic carbocycles. The molecule has 0 spiro atoms. The van der Waals surface area contributed by atoms with Gasteiger partial charge in [-0.2, -0.15) is 0 Å². The fourth-order valence-corrected chi connectivity index (χ4v) is 1.10. The third-order valence-electron chi connectivity index (χ3n) is 1.85. The maximum absolute atomic E-state index is 13.1. The number of rotatable bonds is 3. The van der Waals surface area contributed by atoms with Crippen LogP contribution in [0.4, 0.5) is 17.6 Å². The lowest BCUT2D eigenvalue weighted by Gasteiger charge is -2.10. The molecule has 0 saturated heterocycles. The van der Waals surface area contributed by atoms with Crippen molar-refractivity contribution in [1.29, 1.82) is 0 Å². The van der Waals surface area contributed by atoms with E-state index < -0.39 is 46.9 Å². The molecule has 0 aliphatic heterocycles. The summed E-state index contributed by atoms with van der Waals surface area (Å²) in [5.41, 5.74) is 4.88. The molecule has 0 fully saturated rings. The molecular weight excluding hydrogens is 246 g/mol. The van der Waals surface area contributed by atoms with E-state index in [0.29, 0.717) is 0 Å². The van der Waals surface area contributed by atoms with Gasteiger partial charge in [0.25, 0.3) is 0 Å². The maximum atomic E-state index is 13.1. The van der Waals surface area contributed by atoms with Crippen LogP contribution in [0.25, 0.3) is 10.4 Å². The number of azide groups is 1. The Kier molecular flexibility index (Phi) is 3.54. The van der Waals surface area contributed by atoms with E-state index in [0.717, 1.165) is 0 Å². The van der Waals surface area contributed by atoms with Gasteiger partial charge in [-0.25, -0.2) is 17.6 Å². The highest BCUT2D eigenvalue weighted by Crippen LogP contribution is 2.24. The van der Waals surface area contributed by atoms with Gasteiger partial charge in [-0.15, -0.1) is 0 Å². The number of nitrogens with zero attached hydrogens (tertiary/aromatic N) is 3. The average Bonchev–Trinajstić information content (AvgIpc) is 2.26. The molecule has 9 heteroatoms. The normalized spacial score (nSPS) is 9.88. The second-order valence-corrected chi connectivity index (χ2v) is 2.79. The van der Waals surface area contributed by atoms with Gasteiger partial charge >= 0.3 is 0 Å². The van der Waals surface area contributed by atoms with E-state index in [1.807, 2.05) is 0 Å². The van der Waals surface area contributed by atoms with E-state index in [9.17, 15) is 27.5 Å². The molecule has 5 nitrogen and oxygen atoms in total. The fourth-order valence-electron chi connectivity index (χ4n) is 1.10. The first kappa shape index (κ1) is 12.8. The van der Waals surface area contributed by atoms with Crippen LogP contribution >= 0.6 is 0 Å². The van der Waals surface area contributed by atoms with Crippen molar-refractivity contribution in [1.82, 2.24) is 0 Å². The summed E-state index contributed by atoms with van der Waals surface area (Å²) in [5, 5.41) is 13.0. The van der Waals surface area contributed by atoms with E-state index in [4.69, 9.17) is 5.53 Å². The highest BCUT2D eigenvalue weighted by atomic mass is 19.2. The van der Waals surface area contributed by atoms with E-state index in [1.54, 1.807) is 0 Å². The van der Waals surface area contributed by atoms with Crippen molar-refractivity contribution in [2.24, 2.45) is 5.11 Å². The van der Waals surface area contributed by atoms with Gasteiger partial charge < -0.3 is 9.90 Å². The minimum atomic E-state index is -2.40. The van der Waals surface area contributed by atoms with Crippen LogP contribution in [0, 0.1) is 23.3 Å². The summed E-state index contributed by atoms with van der Waals surface area (Å²) in [5.74, 6) is -10.5. The molecule has 0 radical (unpaired) electrons. The number of halogens is 4. The molecule has 0 amide bonds. The molecule has 0 atom stereocenters. The first-order valence-corrected chi connectivity index (χ1v) is 3.98. The van der Waals surface area contributed by atoms with Crippen molar-refractivity contribution in [2.75, 3.05) is 0 Å². The van der Waals surface area contributed by atoms with Gasteiger partial charge in [0.2, 0.25) is 0 Å². The van der Waals surface area contributed by atoms with Crippen LogP contribution in [0.3, 0.4) is 0 Å². The molecule has 0 heterocycles. The zero-order valence-corrected chi connectivity index (χ0v) is 7.88. The van der Waals surface area contributed by atoms with Crippen LogP contribution in [-0.4, -0.2) is 5.97 Å². The SMILES string of the molecule is [N-]=[N+]=NCc1c(F)c(F)c(C(=O)[O-])c(F)c1F. The third kappa shape index (κ3) is 2.13. The first-order valence-electron chi connectivity index (χ1n) is 3.98. The molecule has 0 aliphatic carbocycles. The molecule has 0 unspecified atom stereocenters. The van der Waals surface area contributed by atoms with E-state index >= 15 is 0 Å². The summed E-state index contributed by atoms with van der Waals surface area (Å²) in [4.78, 5) is 12.4. The Morgan fingerprint density at radius 1 is 1.18 bits per heavy atom. The average molecular weight is 248 g/mol. The van der Waals surface area contributed by atoms with Crippen molar-refractivity contribution in [3.8, 4) is 0 Å². The smallest absolute Gasteiger partial charge is 0.171 e. The number of carbonyl (C=O) groups is 1. The molecule has 0 aromatic heterocycles. The summed E-state index contributed by atoms with van der Waals surface area (Å²) >= 11 is 0. The molecule has 90 valence electrons. The molecule has 1 aromatic rings. The van der Waals surface area contributed by atoms with E-state index in [1.165, 1.54) is 0 Å². The van der Waals surface area contributed by atoms with Crippen LogP contribution in [0.1, 0.15) is 15.9 Å². The topological polar surface area (TPSA) is 88.9 Å². The van der Waals surface area contributed by atoms with Crippen molar-refractivity contribution in [2.45, 2.75) is 6.54 Å². The zero-order chi connectivity index (χ0) is 13.2. The Bertz CT molecular complexity index is 511.